The van der Waals surface area contributed by atoms with Crippen molar-refractivity contribution in [2.45, 2.75) is 13.8 Å². The Morgan fingerprint density at radius 3 is 2.86 bits per heavy atom. The van der Waals surface area contributed by atoms with E-state index in [0.717, 1.165) is 0 Å². The summed E-state index contributed by atoms with van der Waals surface area (Å²) in [5.41, 5.74) is 0.293. The van der Waals surface area contributed by atoms with Gasteiger partial charge in [-0.15, -0.1) is 0 Å². The van der Waals surface area contributed by atoms with Crippen LogP contribution >= 0.6 is 0 Å². The van der Waals surface area contributed by atoms with Gasteiger partial charge in [0.1, 0.15) is 0 Å². The predicted molar refractivity (Wildman–Crippen MR) is 50.0 cm³/mol. The molecule has 0 atom stereocenters. The lowest BCUT2D eigenvalue weighted by Gasteiger charge is -2.04. The van der Waals surface area contributed by atoms with Gasteiger partial charge >= 0.3 is 11.7 Å². The standard InChI is InChI=1S/C9H10N2O3/c1-5(2)8(12)14-7-6(3)4-10-9(13)11-7/h4H,1H2,2-3H3,(H,10,11,13). The van der Waals surface area contributed by atoms with Crippen molar-refractivity contribution in [2.75, 3.05) is 0 Å². The number of aryl methyl sites for hydroxylation is 1. The lowest BCUT2D eigenvalue weighted by molar-refractivity contribution is -0.130. The van der Waals surface area contributed by atoms with Crippen LogP contribution in [0.1, 0.15) is 12.5 Å². The van der Waals surface area contributed by atoms with E-state index in [9.17, 15) is 9.59 Å². The normalized spacial score (nSPS) is 9.57. The molecule has 0 radical (unpaired) electrons. The Bertz CT molecular complexity index is 434. The number of nitrogens with zero attached hydrogens (tertiary/aromatic N) is 1. The topological polar surface area (TPSA) is 72.1 Å². The van der Waals surface area contributed by atoms with Crippen LogP contribution in [0.4, 0.5) is 0 Å². The SMILES string of the molecule is C=C(C)C(=O)Oc1[nH]c(=O)ncc1C. The first-order valence-corrected chi connectivity index (χ1v) is 3.94. The van der Waals surface area contributed by atoms with E-state index < -0.39 is 11.7 Å². The second-order valence-corrected chi connectivity index (χ2v) is 2.87. The van der Waals surface area contributed by atoms with Gasteiger partial charge in [0.05, 0.1) is 0 Å². The van der Waals surface area contributed by atoms with Crippen LogP contribution < -0.4 is 10.4 Å². The molecular formula is C9H10N2O3. The molecule has 0 aliphatic carbocycles. The number of nitrogens with one attached hydrogen (secondary N) is 1. The zero-order chi connectivity index (χ0) is 10.7. The smallest absolute Gasteiger partial charge is 0.347 e. The van der Waals surface area contributed by atoms with Crippen LogP contribution in [0.3, 0.4) is 0 Å². The van der Waals surface area contributed by atoms with Crippen molar-refractivity contribution in [2.24, 2.45) is 0 Å². The van der Waals surface area contributed by atoms with Gasteiger partial charge in [0.15, 0.2) is 0 Å². The quantitative estimate of drug-likeness (QED) is 0.551. The lowest BCUT2D eigenvalue weighted by atomic mass is 10.3. The molecule has 1 rings (SSSR count). The van der Waals surface area contributed by atoms with Crippen molar-refractivity contribution in [3.8, 4) is 5.88 Å². The van der Waals surface area contributed by atoms with Crippen LogP contribution in [0.2, 0.25) is 0 Å². The molecule has 0 bridgehead atoms. The lowest BCUT2D eigenvalue weighted by Crippen LogP contribution is -2.16. The summed E-state index contributed by atoms with van der Waals surface area (Å²) in [5, 5.41) is 0. The monoisotopic (exact) mass is 194 g/mol. The number of ether oxygens (including phenoxy) is 1. The second kappa shape index (κ2) is 3.87. The van der Waals surface area contributed by atoms with Crippen molar-refractivity contribution in [3.63, 3.8) is 0 Å². The molecule has 5 nitrogen and oxygen atoms in total. The number of H-pyrrole nitrogens is 1. The highest BCUT2D eigenvalue weighted by Gasteiger charge is 2.08. The molecule has 1 aromatic heterocycles. The minimum atomic E-state index is -0.574. The van der Waals surface area contributed by atoms with E-state index in [2.05, 4.69) is 16.5 Å². The van der Waals surface area contributed by atoms with Gasteiger partial charge in [0.2, 0.25) is 5.88 Å². The van der Waals surface area contributed by atoms with Gasteiger partial charge in [-0.1, -0.05) is 6.58 Å². The Morgan fingerprint density at radius 1 is 1.64 bits per heavy atom. The maximum Gasteiger partial charge on any atom is 0.347 e. The Morgan fingerprint density at radius 2 is 2.29 bits per heavy atom. The number of carbonyl (C=O) groups excluding carboxylic acids is 1. The summed E-state index contributed by atoms with van der Waals surface area (Å²) in [5.74, 6) is -0.465. The number of rotatable bonds is 2. The molecule has 0 aliphatic rings. The average molecular weight is 194 g/mol. The Balaban J connectivity index is 2.97. The van der Waals surface area contributed by atoms with Crippen molar-refractivity contribution < 1.29 is 9.53 Å². The van der Waals surface area contributed by atoms with E-state index in [1.165, 1.54) is 13.1 Å². The van der Waals surface area contributed by atoms with Gasteiger partial charge in [-0.2, -0.15) is 0 Å². The van der Waals surface area contributed by atoms with Crippen LogP contribution in [0.25, 0.3) is 0 Å². The average Bonchev–Trinajstić information content (AvgIpc) is 2.11. The first kappa shape index (κ1) is 10.2. The molecular weight excluding hydrogens is 184 g/mol. The molecule has 0 aromatic carbocycles. The van der Waals surface area contributed by atoms with E-state index >= 15 is 0 Å². The summed E-state index contributed by atoms with van der Waals surface area (Å²) < 4.78 is 4.85. The van der Waals surface area contributed by atoms with E-state index in [0.29, 0.717) is 5.56 Å². The van der Waals surface area contributed by atoms with Gasteiger partial charge in [0.25, 0.3) is 0 Å². The Labute approximate surface area is 80.4 Å². The minimum Gasteiger partial charge on any atom is -0.406 e. The number of aromatic nitrogens is 2. The molecule has 1 N–H and O–H groups in total. The maximum absolute atomic E-state index is 11.1. The third kappa shape index (κ3) is 2.29. The van der Waals surface area contributed by atoms with E-state index in [-0.39, 0.29) is 11.5 Å². The predicted octanol–water partition coefficient (Wildman–Crippen LogP) is 0.560. The molecule has 0 amide bonds. The molecule has 0 saturated carbocycles. The summed E-state index contributed by atoms with van der Waals surface area (Å²) in [6.45, 7) is 6.62. The zero-order valence-corrected chi connectivity index (χ0v) is 7.96. The molecule has 0 saturated heterocycles. The van der Waals surface area contributed by atoms with Crippen LogP contribution in [0.5, 0.6) is 5.88 Å². The summed E-state index contributed by atoms with van der Waals surface area (Å²) in [6.07, 6.45) is 1.33. The van der Waals surface area contributed by atoms with Crippen LogP contribution in [-0.2, 0) is 4.79 Å². The van der Waals surface area contributed by atoms with E-state index in [1.807, 2.05) is 0 Å². The second-order valence-electron chi connectivity index (χ2n) is 2.87. The molecule has 0 fully saturated rings. The van der Waals surface area contributed by atoms with Crippen molar-refractivity contribution >= 4 is 5.97 Å². The first-order valence-electron chi connectivity index (χ1n) is 3.94. The number of aromatic amines is 1. The molecule has 14 heavy (non-hydrogen) atoms. The molecule has 1 aromatic rings. The number of carbonyl (C=O) groups is 1. The fourth-order valence-corrected chi connectivity index (χ4v) is 0.728. The van der Waals surface area contributed by atoms with Crippen molar-refractivity contribution in [1.29, 1.82) is 0 Å². The molecule has 74 valence electrons. The number of hydrogen-bond acceptors (Lipinski definition) is 4. The van der Waals surface area contributed by atoms with Gasteiger partial charge in [-0.05, 0) is 13.8 Å². The molecule has 0 aliphatic heterocycles. The van der Waals surface area contributed by atoms with Gasteiger partial charge in [-0.25, -0.2) is 14.6 Å². The van der Waals surface area contributed by atoms with Gasteiger partial charge in [0, 0.05) is 17.3 Å². The van der Waals surface area contributed by atoms with Crippen LogP contribution in [0, 0.1) is 6.92 Å². The third-order valence-electron chi connectivity index (χ3n) is 1.50. The van der Waals surface area contributed by atoms with Gasteiger partial charge < -0.3 is 4.74 Å². The molecule has 5 heteroatoms. The summed E-state index contributed by atoms with van der Waals surface area (Å²) >= 11 is 0. The molecule has 0 unspecified atom stereocenters. The highest BCUT2D eigenvalue weighted by atomic mass is 16.5. The van der Waals surface area contributed by atoms with Gasteiger partial charge in [-0.3, -0.25) is 4.98 Å². The summed E-state index contributed by atoms with van der Waals surface area (Å²) in [6, 6.07) is 0. The van der Waals surface area contributed by atoms with E-state index in [4.69, 9.17) is 4.74 Å². The third-order valence-corrected chi connectivity index (χ3v) is 1.50. The number of esters is 1. The largest absolute Gasteiger partial charge is 0.406 e. The zero-order valence-electron chi connectivity index (χ0n) is 7.96. The molecule has 0 spiro atoms. The van der Waals surface area contributed by atoms with Crippen molar-refractivity contribution in [3.05, 3.63) is 34.4 Å². The van der Waals surface area contributed by atoms with Crippen molar-refractivity contribution in [1.82, 2.24) is 9.97 Å². The van der Waals surface area contributed by atoms with Crippen LogP contribution in [-0.4, -0.2) is 15.9 Å². The fourth-order valence-electron chi connectivity index (χ4n) is 0.728. The van der Waals surface area contributed by atoms with Crippen LogP contribution in [0.15, 0.2) is 23.1 Å². The highest BCUT2D eigenvalue weighted by molar-refractivity contribution is 5.88. The minimum absolute atomic E-state index is 0.109. The fraction of sp³-hybridized carbons (Fsp3) is 0.222. The first-order chi connectivity index (χ1) is 6.50. The maximum atomic E-state index is 11.1. The summed E-state index contributed by atoms with van der Waals surface area (Å²) in [4.78, 5) is 27.7. The Hall–Kier alpha value is -1.91. The highest BCUT2D eigenvalue weighted by Crippen LogP contribution is 2.10. The summed E-state index contributed by atoms with van der Waals surface area (Å²) in [7, 11) is 0. The van der Waals surface area contributed by atoms with E-state index in [1.54, 1.807) is 6.92 Å². The Kier molecular flexibility index (Phi) is 2.81. The number of hydrogen-bond donors (Lipinski definition) is 1. The molecule has 1 heterocycles.